The molecule has 22 heavy (non-hydrogen) atoms. The SMILES string of the molecule is Cn1ccc(/C=N\NC(=O)c2ccccc2-n2cccc2)c1. The van der Waals surface area contributed by atoms with Crippen molar-refractivity contribution in [3.05, 3.63) is 78.4 Å². The lowest BCUT2D eigenvalue weighted by molar-refractivity contribution is 0.0955. The van der Waals surface area contributed by atoms with Crippen LogP contribution in [-0.2, 0) is 7.05 Å². The monoisotopic (exact) mass is 292 g/mol. The molecule has 0 spiro atoms. The van der Waals surface area contributed by atoms with E-state index < -0.39 is 0 Å². The second kappa shape index (κ2) is 6.13. The van der Waals surface area contributed by atoms with Crippen molar-refractivity contribution >= 4 is 12.1 Å². The molecule has 2 heterocycles. The second-order valence-corrected chi connectivity index (χ2v) is 4.92. The maximum atomic E-state index is 12.3. The summed E-state index contributed by atoms with van der Waals surface area (Å²) in [5.41, 5.74) is 4.89. The summed E-state index contributed by atoms with van der Waals surface area (Å²) in [7, 11) is 1.93. The molecular formula is C17H16N4O. The standard InChI is InChI=1S/C17H16N4O/c1-20-11-8-14(13-20)12-18-19-17(22)15-6-2-3-7-16(15)21-9-4-5-10-21/h2-13H,1H3,(H,19,22)/b18-12-. The van der Waals surface area contributed by atoms with Crippen LogP contribution in [0.5, 0.6) is 0 Å². The Labute approximate surface area is 128 Å². The van der Waals surface area contributed by atoms with Crippen molar-refractivity contribution < 1.29 is 4.79 Å². The third kappa shape index (κ3) is 2.98. The number of carbonyl (C=O) groups is 1. The molecule has 0 aliphatic carbocycles. The van der Waals surface area contributed by atoms with E-state index in [1.165, 1.54) is 0 Å². The van der Waals surface area contributed by atoms with Crippen LogP contribution in [0.1, 0.15) is 15.9 Å². The highest BCUT2D eigenvalue weighted by Crippen LogP contribution is 2.14. The Kier molecular flexibility index (Phi) is 3.87. The van der Waals surface area contributed by atoms with Gasteiger partial charge in [-0.25, -0.2) is 5.43 Å². The molecule has 5 heteroatoms. The molecule has 5 nitrogen and oxygen atoms in total. The topological polar surface area (TPSA) is 51.3 Å². The third-order valence-electron chi connectivity index (χ3n) is 3.27. The number of aryl methyl sites for hydroxylation is 1. The maximum Gasteiger partial charge on any atom is 0.273 e. The van der Waals surface area contributed by atoms with Crippen LogP contribution in [-0.4, -0.2) is 21.3 Å². The van der Waals surface area contributed by atoms with Crippen molar-refractivity contribution in [1.29, 1.82) is 0 Å². The summed E-state index contributed by atoms with van der Waals surface area (Å²) in [5.74, 6) is -0.239. The summed E-state index contributed by atoms with van der Waals surface area (Å²) >= 11 is 0. The Balaban J connectivity index is 1.77. The van der Waals surface area contributed by atoms with E-state index in [0.29, 0.717) is 5.56 Å². The van der Waals surface area contributed by atoms with E-state index in [1.807, 2.05) is 77.4 Å². The molecule has 3 aromatic rings. The molecule has 110 valence electrons. The molecule has 0 aliphatic heterocycles. The minimum atomic E-state index is -0.239. The third-order valence-corrected chi connectivity index (χ3v) is 3.27. The number of hydrazone groups is 1. The molecule has 1 aromatic carbocycles. The van der Waals surface area contributed by atoms with Gasteiger partial charge in [0.1, 0.15) is 0 Å². The van der Waals surface area contributed by atoms with Crippen LogP contribution >= 0.6 is 0 Å². The highest BCUT2D eigenvalue weighted by molar-refractivity contribution is 5.98. The van der Waals surface area contributed by atoms with Gasteiger partial charge in [-0.05, 0) is 30.3 Å². The van der Waals surface area contributed by atoms with Crippen molar-refractivity contribution in [3.63, 3.8) is 0 Å². The zero-order valence-electron chi connectivity index (χ0n) is 12.2. The summed E-state index contributed by atoms with van der Waals surface area (Å²) in [6.45, 7) is 0. The summed E-state index contributed by atoms with van der Waals surface area (Å²) in [6, 6.07) is 13.2. The molecule has 1 N–H and O–H groups in total. The van der Waals surface area contributed by atoms with Crippen molar-refractivity contribution in [1.82, 2.24) is 14.6 Å². The fraction of sp³-hybridized carbons (Fsp3) is 0.0588. The van der Waals surface area contributed by atoms with Crippen molar-refractivity contribution in [2.45, 2.75) is 0 Å². The first-order valence-corrected chi connectivity index (χ1v) is 6.92. The quantitative estimate of drug-likeness (QED) is 0.583. The van der Waals surface area contributed by atoms with Crippen LogP contribution in [0.4, 0.5) is 0 Å². The van der Waals surface area contributed by atoms with E-state index in [9.17, 15) is 4.79 Å². The van der Waals surface area contributed by atoms with E-state index >= 15 is 0 Å². The first-order chi connectivity index (χ1) is 10.7. The molecule has 0 unspecified atom stereocenters. The average molecular weight is 292 g/mol. The maximum absolute atomic E-state index is 12.3. The number of para-hydroxylation sites is 1. The molecule has 0 radical (unpaired) electrons. The van der Waals surface area contributed by atoms with Crippen molar-refractivity contribution in [2.75, 3.05) is 0 Å². The van der Waals surface area contributed by atoms with Crippen LogP contribution in [0.25, 0.3) is 5.69 Å². The zero-order chi connectivity index (χ0) is 15.4. The molecule has 3 rings (SSSR count). The lowest BCUT2D eigenvalue weighted by Gasteiger charge is -2.08. The Morgan fingerprint density at radius 1 is 1.09 bits per heavy atom. The van der Waals surface area contributed by atoms with Gasteiger partial charge in [-0.15, -0.1) is 0 Å². The van der Waals surface area contributed by atoms with Gasteiger partial charge >= 0.3 is 0 Å². The fourth-order valence-corrected chi connectivity index (χ4v) is 2.21. The average Bonchev–Trinajstić information content (AvgIpc) is 3.19. The number of hydrogen-bond acceptors (Lipinski definition) is 2. The first-order valence-electron chi connectivity index (χ1n) is 6.92. The van der Waals surface area contributed by atoms with Crippen molar-refractivity contribution in [2.24, 2.45) is 12.1 Å². The van der Waals surface area contributed by atoms with Gasteiger partial charge in [-0.1, -0.05) is 12.1 Å². The number of carbonyl (C=O) groups excluding carboxylic acids is 1. The van der Waals surface area contributed by atoms with Gasteiger partial charge in [0.15, 0.2) is 0 Å². The number of benzene rings is 1. The lowest BCUT2D eigenvalue weighted by Crippen LogP contribution is -2.19. The number of nitrogens with zero attached hydrogens (tertiary/aromatic N) is 3. The van der Waals surface area contributed by atoms with E-state index in [0.717, 1.165) is 11.3 Å². The Morgan fingerprint density at radius 2 is 1.86 bits per heavy atom. The molecule has 1 amide bonds. The van der Waals surface area contributed by atoms with Crippen LogP contribution < -0.4 is 5.43 Å². The van der Waals surface area contributed by atoms with Gasteiger partial charge in [0.05, 0.1) is 17.5 Å². The van der Waals surface area contributed by atoms with Gasteiger partial charge in [0.25, 0.3) is 5.91 Å². The van der Waals surface area contributed by atoms with Crippen LogP contribution in [0, 0.1) is 0 Å². The molecule has 0 fully saturated rings. The highest BCUT2D eigenvalue weighted by atomic mass is 16.2. The molecule has 2 aromatic heterocycles. The minimum absolute atomic E-state index is 0.239. The molecule has 0 saturated carbocycles. The van der Waals surface area contributed by atoms with E-state index in [-0.39, 0.29) is 5.91 Å². The van der Waals surface area contributed by atoms with Gasteiger partial charge in [-0.3, -0.25) is 4.79 Å². The molecule has 0 aliphatic rings. The van der Waals surface area contributed by atoms with Crippen LogP contribution in [0.3, 0.4) is 0 Å². The molecular weight excluding hydrogens is 276 g/mol. The Bertz CT molecular complexity index is 800. The predicted octanol–water partition coefficient (Wildman–Crippen LogP) is 2.58. The zero-order valence-corrected chi connectivity index (χ0v) is 12.2. The number of nitrogens with one attached hydrogen (secondary N) is 1. The van der Waals surface area contributed by atoms with Gasteiger partial charge in [0.2, 0.25) is 0 Å². The Hall–Kier alpha value is -3.08. The number of aromatic nitrogens is 2. The van der Waals surface area contributed by atoms with Gasteiger partial charge in [-0.2, -0.15) is 5.10 Å². The smallest absolute Gasteiger partial charge is 0.273 e. The predicted molar refractivity (Wildman–Crippen MR) is 86.2 cm³/mol. The number of amides is 1. The largest absolute Gasteiger partial charge is 0.357 e. The van der Waals surface area contributed by atoms with Crippen LogP contribution in [0.15, 0.2) is 72.4 Å². The van der Waals surface area contributed by atoms with Crippen molar-refractivity contribution in [3.8, 4) is 5.69 Å². The second-order valence-electron chi connectivity index (χ2n) is 4.92. The minimum Gasteiger partial charge on any atom is -0.357 e. The van der Waals surface area contributed by atoms with E-state index in [2.05, 4.69) is 10.5 Å². The Morgan fingerprint density at radius 3 is 2.59 bits per heavy atom. The summed E-state index contributed by atoms with van der Waals surface area (Å²) in [4.78, 5) is 12.3. The number of hydrogen-bond donors (Lipinski definition) is 1. The van der Waals surface area contributed by atoms with Gasteiger partial charge in [0, 0.05) is 37.4 Å². The highest BCUT2D eigenvalue weighted by Gasteiger charge is 2.10. The van der Waals surface area contributed by atoms with Crippen LogP contribution in [0.2, 0.25) is 0 Å². The first kappa shape index (κ1) is 13.9. The molecule has 0 bridgehead atoms. The summed E-state index contributed by atoms with van der Waals surface area (Å²) < 4.78 is 3.82. The van der Waals surface area contributed by atoms with E-state index in [1.54, 1.807) is 12.3 Å². The molecule has 0 saturated heterocycles. The normalized spacial score (nSPS) is 11.0. The fourth-order valence-electron chi connectivity index (χ4n) is 2.21. The summed E-state index contributed by atoms with van der Waals surface area (Å²) in [6.07, 6.45) is 9.27. The lowest BCUT2D eigenvalue weighted by atomic mass is 10.1. The summed E-state index contributed by atoms with van der Waals surface area (Å²) in [5, 5.41) is 4.01. The van der Waals surface area contributed by atoms with E-state index in [4.69, 9.17) is 0 Å². The van der Waals surface area contributed by atoms with Gasteiger partial charge < -0.3 is 9.13 Å². The molecule has 0 atom stereocenters. The number of rotatable bonds is 4.